The molecule has 104 valence electrons. The lowest BCUT2D eigenvalue weighted by Crippen LogP contribution is -2.32. The first-order valence-electron chi connectivity index (χ1n) is 6.83. The topological polar surface area (TPSA) is 63.2 Å². The summed E-state index contributed by atoms with van der Waals surface area (Å²) in [5, 5.41) is 0. The van der Waals surface area contributed by atoms with Crippen molar-refractivity contribution >= 4 is 17.8 Å². The third-order valence-corrected chi connectivity index (χ3v) is 3.99. The number of aromatic nitrogens is 2. The van der Waals surface area contributed by atoms with Gasteiger partial charge in [-0.2, -0.15) is 0 Å². The zero-order valence-electron chi connectivity index (χ0n) is 11.9. The van der Waals surface area contributed by atoms with Gasteiger partial charge in [0, 0.05) is 11.4 Å². The van der Waals surface area contributed by atoms with Crippen molar-refractivity contribution in [2.24, 2.45) is 11.8 Å². The fourth-order valence-electron chi connectivity index (χ4n) is 3.04. The molecular formula is C15H17N3O2. The lowest BCUT2D eigenvalue weighted by molar-refractivity contribution is -0.122. The number of rotatable bonds is 1. The van der Waals surface area contributed by atoms with Gasteiger partial charge in [0.15, 0.2) is 0 Å². The minimum Gasteiger partial charge on any atom is -0.274 e. The zero-order valence-corrected chi connectivity index (χ0v) is 11.9. The molecule has 0 spiro atoms. The monoisotopic (exact) mass is 271 g/mol. The van der Waals surface area contributed by atoms with E-state index in [0.717, 1.165) is 11.4 Å². The number of hydrogen-bond donors (Lipinski definition) is 0. The highest BCUT2D eigenvalue weighted by atomic mass is 16.2. The normalized spacial score (nSPS) is 25.8. The number of fused-ring (bicyclic) bond motifs is 1. The van der Waals surface area contributed by atoms with E-state index in [1.54, 1.807) is 0 Å². The van der Waals surface area contributed by atoms with Crippen molar-refractivity contribution in [3.05, 3.63) is 29.1 Å². The summed E-state index contributed by atoms with van der Waals surface area (Å²) in [6.45, 7) is 5.67. The number of carbonyl (C=O) groups excluding carboxylic acids is 2. The van der Waals surface area contributed by atoms with E-state index in [4.69, 9.17) is 0 Å². The van der Waals surface area contributed by atoms with Gasteiger partial charge in [0.1, 0.15) is 0 Å². The van der Waals surface area contributed by atoms with Gasteiger partial charge in [-0.1, -0.05) is 11.6 Å². The van der Waals surface area contributed by atoms with Crippen molar-refractivity contribution in [1.82, 2.24) is 9.97 Å². The van der Waals surface area contributed by atoms with Crippen LogP contribution in [0.25, 0.3) is 0 Å². The molecule has 1 fully saturated rings. The van der Waals surface area contributed by atoms with Gasteiger partial charge in [0.05, 0.1) is 11.8 Å². The Kier molecular flexibility index (Phi) is 2.92. The lowest BCUT2D eigenvalue weighted by atomic mass is 9.82. The number of carbonyl (C=O) groups is 2. The highest BCUT2D eigenvalue weighted by Crippen LogP contribution is 2.38. The third kappa shape index (κ3) is 1.94. The van der Waals surface area contributed by atoms with Crippen LogP contribution in [0.15, 0.2) is 17.7 Å². The quantitative estimate of drug-likeness (QED) is 0.578. The fraction of sp³-hybridized carbons (Fsp3) is 0.467. The number of nitrogens with zero attached hydrogens (tertiary/aromatic N) is 3. The molecule has 2 aliphatic rings. The fourth-order valence-corrected chi connectivity index (χ4v) is 3.04. The number of imide groups is 1. The van der Waals surface area contributed by atoms with E-state index in [1.807, 2.05) is 26.8 Å². The van der Waals surface area contributed by atoms with Gasteiger partial charge in [0.2, 0.25) is 17.8 Å². The van der Waals surface area contributed by atoms with Crippen molar-refractivity contribution in [2.45, 2.75) is 33.6 Å². The van der Waals surface area contributed by atoms with Crippen molar-refractivity contribution in [3.8, 4) is 0 Å². The second-order valence-electron chi connectivity index (χ2n) is 5.67. The molecular weight excluding hydrogens is 254 g/mol. The van der Waals surface area contributed by atoms with Crippen LogP contribution in [0.2, 0.25) is 0 Å². The van der Waals surface area contributed by atoms with Gasteiger partial charge >= 0.3 is 0 Å². The summed E-state index contributed by atoms with van der Waals surface area (Å²) >= 11 is 0. The molecule has 20 heavy (non-hydrogen) atoms. The molecule has 1 aromatic rings. The molecule has 1 aliphatic heterocycles. The Morgan fingerprint density at radius 3 is 2.30 bits per heavy atom. The molecule has 0 aromatic carbocycles. The van der Waals surface area contributed by atoms with E-state index in [2.05, 4.69) is 16.0 Å². The average Bonchev–Trinajstić information content (AvgIpc) is 2.60. The van der Waals surface area contributed by atoms with E-state index in [0.29, 0.717) is 12.8 Å². The molecule has 0 saturated carbocycles. The number of aryl methyl sites for hydroxylation is 2. The van der Waals surface area contributed by atoms with E-state index in [9.17, 15) is 9.59 Å². The Bertz CT molecular complexity index is 616. The van der Waals surface area contributed by atoms with E-state index >= 15 is 0 Å². The third-order valence-electron chi connectivity index (χ3n) is 3.99. The lowest BCUT2D eigenvalue weighted by Gasteiger charge is -2.18. The number of anilines is 1. The predicted octanol–water partition coefficient (Wildman–Crippen LogP) is 1.94. The SMILES string of the molecule is CC1=CC[C@@H]2C(=O)N(c3nc(C)cc(C)n3)C(=O)[C@@H]2C1. The van der Waals surface area contributed by atoms with Crippen LogP contribution in [0.4, 0.5) is 5.95 Å². The second kappa shape index (κ2) is 4.51. The van der Waals surface area contributed by atoms with Gasteiger partial charge in [0.25, 0.3) is 0 Å². The molecule has 1 aromatic heterocycles. The van der Waals surface area contributed by atoms with Gasteiger partial charge in [-0.25, -0.2) is 14.9 Å². The van der Waals surface area contributed by atoms with Crippen LogP contribution >= 0.6 is 0 Å². The first kappa shape index (κ1) is 13.0. The minimum absolute atomic E-state index is 0.155. The van der Waals surface area contributed by atoms with Crippen molar-refractivity contribution < 1.29 is 9.59 Å². The van der Waals surface area contributed by atoms with Crippen LogP contribution in [0.3, 0.4) is 0 Å². The maximum absolute atomic E-state index is 12.5. The number of allylic oxidation sites excluding steroid dienone is 2. The van der Waals surface area contributed by atoms with Crippen molar-refractivity contribution in [1.29, 1.82) is 0 Å². The molecule has 3 rings (SSSR count). The molecule has 1 aliphatic carbocycles. The number of hydrogen-bond acceptors (Lipinski definition) is 4. The van der Waals surface area contributed by atoms with Crippen LogP contribution in [0, 0.1) is 25.7 Å². The highest BCUT2D eigenvalue weighted by Gasteiger charge is 2.49. The van der Waals surface area contributed by atoms with Gasteiger partial charge in [-0.3, -0.25) is 9.59 Å². The van der Waals surface area contributed by atoms with Crippen LogP contribution in [0.1, 0.15) is 31.2 Å². The summed E-state index contributed by atoms with van der Waals surface area (Å²) in [7, 11) is 0. The minimum atomic E-state index is -0.240. The summed E-state index contributed by atoms with van der Waals surface area (Å²) in [4.78, 5) is 34.7. The Labute approximate surface area is 117 Å². The van der Waals surface area contributed by atoms with Crippen molar-refractivity contribution in [2.75, 3.05) is 4.90 Å². The summed E-state index contributed by atoms with van der Waals surface area (Å²) in [6, 6.07) is 1.83. The molecule has 5 heteroatoms. The summed E-state index contributed by atoms with van der Waals surface area (Å²) < 4.78 is 0. The van der Waals surface area contributed by atoms with E-state index < -0.39 is 0 Å². The smallest absolute Gasteiger partial charge is 0.240 e. The molecule has 0 unspecified atom stereocenters. The Morgan fingerprint density at radius 2 is 1.65 bits per heavy atom. The molecule has 2 amide bonds. The molecule has 1 saturated heterocycles. The van der Waals surface area contributed by atoms with Crippen LogP contribution in [-0.4, -0.2) is 21.8 Å². The van der Waals surface area contributed by atoms with Crippen molar-refractivity contribution in [3.63, 3.8) is 0 Å². The molecule has 0 radical (unpaired) electrons. The molecule has 5 nitrogen and oxygen atoms in total. The maximum Gasteiger partial charge on any atom is 0.240 e. The summed E-state index contributed by atoms with van der Waals surface area (Å²) in [5.74, 6) is -0.566. The van der Waals surface area contributed by atoms with Gasteiger partial charge in [-0.05, 0) is 39.7 Å². The summed E-state index contributed by atoms with van der Waals surface area (Å²) in [5.41, 5.74) is 2.70. The Balaban J connectivity index is 2.00. The molecule has 0 N–H and O–H groups in total. The maximum atomic E-state index is 12.5. The first-order valence-corrected chi connectivity index (χ1v) is 6.83. The van der Waals surface area contributed by atoms with E-state index in [-0.39, 0.29) is 29.6 Å². The first-order chi connectivity index (χ1) is 9.47. The van der Waals surface area contributed by atoms with Crippen LogP contribution < -0.4 is 4.90 Å². The van der Waals surface area contributed by atoms with Gasteiger partial charge < -0.3 is 0 Å². The highest BCUT2D eigenvalue weighted by molar-refractivity contribution is 6.21. The Hall–Kier alpha value is -2.04. The molecule has 0 bridgehead atoms. The summed E-state index contributed by atoms with van der Waals surface area (Å²) in [6.07, 6.45) is 3.36. The number of amides is 2. The zero-order chi connectivity index (χ0) is 14.4. The Morgan fingerprint density at radius 1 is 1.05 bits per heavy atom. The predicted molar refractivity (Wildman–Crippen MR) is 74.0 cm³/mol. The molecule has 2 atom stereocenters. The molecule has 2 heterocycles. The standard InChI is InChI=1S/C15H17N3O2/c1-8-4-5-11-12(6-8)14(20)18(13(11)19)15-16-9(2)7-10(3)17-15/h4,7,11-12H,5-6H2,1-3H3/t11-,12+/m0/s1. The second-order valence-corrected chi connectivity index (χ2v) is 5.67. The largest absolute Gasteiger partial charge is 0.274 e. The van der Waals surface area contributed by atoms with Crippen LogP contribution in [0.5, 0.6) is 0 Å². The average molecular weight is 271 g/mol. The van der Waals surface area contributed by atoms with Crippen LogP contribution in [-0.2, 0) is 9.59 Å². The van der Waals surface area contributed by atoms with E-state index in [1.165, 1.54) is 10.5 Å². The van der Waals surface area contributed by atoms with Gasteiger partial charge in [-0.15, -0.1) is 0 Å².